The third kappa shape index (κ3) is 8.11. The van der Waals surface area contributed by atoms with Crippen LogP contribution >= 0.6 is 0 Å². The third-order valence-electron chi connectivity index (χ3n) is 4.00. The van der Waals surface area contributed by atoms with Gasteiger partial charge >= 0.3 is 5.97 Å². The van der Waals surface area contributed by atoms with Crippen LogP contribution in [0.15, 0.2) is 54.6 Å². The normalized spacial score (nSPS) is 13.3. The summed E-state index contributed by atoms with van der Waals surface area (Å²) in [7, 11) is 0. The molecule has 0 saturated carbocycles. The predicted molar refractivity (Wildman–Crippen MR) is 109 cm³/mol. The first-order valence-corrected chi connectivity index (χ1v) is 9.23. The number of morpholine rings is 1. The Labute approximate surface area is 161 Å². The van der Waals surface area contributed by atoms with Gasteiger partial charge in [0.05, 0.1) is 13.2 Å². The Balaban J connectivity index is 0.000000208. The molecule has 0 aromatic heterocycles. The van der Waals surface area contributed by atoms with E-state index in [1.807, 2.05) is 30.3 Å². The Hall–Kier alpha value is -2.57. The van der Waals surface area contributed by atoms with Crippen molar-refractivity contribution in [2.75, 3.05) is 49.6 Å². The van der Waals surface area contributed by atoms with Crippen molar-refractivity contribution in [3.05, 3.63) is 60.2 Å². The fourth-order valence-electron chi connectivity index (χ4n) is 2.59. The van der Waals surface area contributed by atoms with Gasteiger partial charge in [0, 0.05) is 44.5 Å². The van der Waals surface area contributed by atoms with Gasteiger partial charge in [-0.15, -0.1) is 0 Å². The number of anilines is 2. The first-order valence-electron chi connectivity index (χ1n) is 9.23. The summed E-state index contributed by atoms with van der Waals surface area (Å²) in [5.74, 6) is -0.242. The molecule has 146 valence electrons. The summed E-state index contributed by atoms with van der Waals surface area (Å²) in [5, 5.41) is 3.26. The topological polar surface area (TPSA) is 76.8 Å². The van der Waals surface area contributed by atoms with E-state index in [1.165, 1.54) is 12.6 Å². The van der Waals surface area contributed by atoms with Crippen molar-refractivity contribution in [3.8, 4) is 0 Å². The number of nitrogens with one attached hydrogen (secondary N) is 1. The molecule has 0 aliphatic carbocycles. The lowest BCUT2D eigenvalue weighted by Crippen LogP contribution is -2.36. The lowest BCUT2D eigenvalue weighted by atomic mass is 10.2. The minimum absolute atomic E-state index is 0.242. The van der Waals surface area contributed by atoms with Gasteiger partial charge in [0.1, 0.15) is 6.61 Å². The Morgan fingerprint density at radius 1 is 1.11 bits per heavy atom. The van der Waals surface area contributed by atoms with Crippen molar-refractivity contribution in [3.63, 3.8) is 0 Å². The van der Waals surface area contributed by atoms with Crippen LogP contribution in [0.3, 0.4) is 0 Å². The van der Waals surface area contributed by atoms with Gasteiger partial charge < -0.3 is 25.4 Å². The van der Waals surface area contributed by atoms with Crippen LogP contribution in [0.25, 0.3) is 0 Å². The summed E-state index contributed by atoms with van der Waals surface area (Å²) in [6.45, 7) is 6.87. The maximum absolute atomic E-state index is 10.4. The highest BCUT2D eigenvalue weighted by atomic mass is 16.5. The Morgan fingerprint density at radius 3 is 2.37 bits per heavy atom. The van der Waals surface area contributed by atoms with Crippen LogP contribution < -0.4 is 16.0 Å². The molecule has 27 heavy (non-hydrogen) atoms. The van der Waals surface area contributed by atoms with E-state index in [1.54, 1.807) is 0 Å². The van der Waals surface area contributed by atoms with Crippen LogP contribution in [-0.4, -0.2) is 45.4 Å². The number of nitrogens with two attached hydrogens (primary N) is 1. The average molecular weight is 371 g/mol. The molecule has 0 bridgehead atoms. The number of hydrogen-bond donors (Lipinski definition) is 2. The van der Waals surface area contributed by atoms with E-state index in [-0.39, 0.29) is 5.97 Å². The van der Waals surface area contributed by atoms with Crippen molar-refractivity contribution in [2.45, 2.75) is 13.5 Å². The van der Waals surface area contributed by atoms with Gasteiger partial charge in [0.25, 0.3) is 0 Å². The number of benzene rings is 2. The number of carbonyl (C=O) groups excluding carboxylic acids is 1. The van der Waals surface area contributed by atoms with Gasteiger partial charge in [-0.3, -0.25) is 4.79 Å². The first kappa shape index (κ1) is 20.7. The molecule has 0 spiro atoms. The highest BCUT2D eigenvalue weighted by molar-refractivity contribution is 5.65. The molecule has 1 fully saturated rings. The maximum Gasteiger partial charge on any atom is 0.302 e. The van der Waals surface area contributed by atoms with Crippen LogP contribution in [-0.2, 0) is 20.9 Å². The van der Waals surface area contributed by atoms with Crippen LogP contribution in [0, 0.1) is 0 Å². The predicted octanol–water partition coefficient (Wildman–Crippen LogP) is 2.64. The minimum atomic E-state index is -0.242. The summed E-state index contributed by atoms with van der Waals surface area (Å²) in [5.41, 5.74) is 8.85. The van der Waals surface area contributed by atoms with Gasteiger partial charge in [-0.2, -0.15) is 0 Å². The quantitative estimate of drug-likeness (QED) is 0.760. The van der Waals surface area contributed by atoms with Crippen molar-refractivity contribution in [2.24, 2.45) is 5.73 Å². The van der Waals surface area contributed by atoms with Crippen LogP contribution in [0.4, 0.5) is 11.4 Å². The molecular formula is C21H29N3O3. The van der Waals surface area contributed by atoms with Crippen molar-refractivity contribution in [1.82, 2.24) is 0 Å². The molecule has 1 saturated heterocycles. The summed E-state index contributed by atoms with van der Waals surface area (Å²) < 4.78 is 10.1. The van der Waals surface area contributed by atoms with E-state index in [0.29, 0.717) is 13.2 Å². The molecule has 1 aliphatic rings. The summed E-state index contributed by atoms with van der Waals surface area (Å²) in [6, 6.07) is 18.1. The van der Waals surface area contributed by atoms with Gasteiger partial charge in [0.2, 0.25) is 0 Å². The molecule has 1 heterocycles. The zero-order chi connectivity index (χ0) is 19.3. The zero-order valence-corrected chi connectivity index (χ0v) is 15.9. The van der Waals surface area contributed by atoms with Crippen LogP contribution in [0.5, 0.6) is 0 Å². The van der Waals surface area contributed by atoms with Crippen molar-refractivity contribution >= 4 is 17.3 Å². The highest BCUT2D eigenvalue weighted by Crippen LogP contribution is 2.18. The number of hydrogen-bond acceptors (Lipinski definition) is 6. The Morgan fingerprint density at radius 2 is 1.78 bits per heavy atom. The van der Waals surface area contributed by atoms with E-state index in [2.05, 4.69) is 34.5 Å². The van der Waals surface area contributed by atoms with E-state index in [0.717, 1.165) is 44.1 Å². The second kappa shape index (κ2) is 11.9. The van der Waals surface area contributed by atoms with Gasteiger partial charge in [-0.25, -0.2) is 0 Å². The highest BCUT2D eigenvalue weighted by Gasteiger charge is 2.10. The Kier molecular flexibility index (Phi) is 9.17. The standard InChI is InChI=1S/C12H19N3O.C9H10O2/c13-5-6-14-11-1-3-12(4-2-11)15-7-9-16-10-8-15;1-8(10)11-7-9-5-3-2-4-6-9/h1-4,14H,5-10,13H2;2-6H,7H2,1H3. The number of carbonyl (C=O) groups is 1. The SMILES string of the molecule is CC(=O)OCc1ccccc1.NCCNc1ccc(N2CCOCC2)cc1. The lowest BCUT2D eigenvalue weighted by Gasteiger charge is -2.28. The second-order valence-corrected chi connectivity index (χ2v) is 6.13. The smallest absolute Gasteiger partial charge is 0.302 e. The molecule has 6 heteroatoms. The fraction of sp³-hybridized carbons (Fsp3) is 0.381. The largest absolute Gasteiger partial charge is 0.461 e. The number of esters is 1. The molecule has 2 aromatic rings. The summed E-state index contributed by atoms with van der Waals surface area (Å²) in [4.78, 5) is 12.7. The monoisotopic (exact) mass is 371 g/mol. The van der Waals surface area contributed by atoms with E-state index in [9.17, 15) is 4.79 Å². The van der Waals surface area contributed by atoms with E-state index < -0.39 is 0 Å². The number of nitrogens with zero attached hydrogens (tertiary/aromatic N) is 1. The molecule has 0 atom stereocenters. The molecule has 0 amide bonds. The zero-order valence-electron chi connectivity index (χ0n) is 15.9. The molecule has 3 rings (SSSR count). The summed E-state index contributed by atoms with van der Waals surface area (Å²) >= 11 is 0. The van der Waals surface area contributed by atoms with Gasteiger partial charge in [0.15, 0.2) is 0 Å². The van der Waals surface area contributed by atoms with E-state index in [4.69, 9.17) is 15.2 Å². The lowest BCUT2D eigenvalue weighted by molar-refractivity contribution is -0.142. The Bertz CT molecular complexity index is 656. The fourth-order valence-corrected chi connectivity index (χ4v) is 2.59. The summed E-state index contributed by atoms with van der Waals surface area (Å²) in [6.07, 6.45) is 0. The molecule has 2 aromatic carbocycles. The average Bonchev–Trinajstić information content (AvgIpc) is 2.73. The molecule has 0 radical (unpaired) electrons. The molecule has 3 N–H and O–H groups in total. The molecule has 0 unspecified atom stereocenters. The van der Waals surface area contributed by atoms with Gasteiger partial charge in [-0.05, 0) is 29.8 Å². The molecule has 1 aliphatic heterocycles. The third-order valence-corrected chi connectivity index (χ3v) is 4.00. The van der Waals surface area contributed by atoms with Crippen LogP contribution in [0.1, 0.15) is 12.5 Å². The number of ether oxygens (including phenoxy) is 2. The number of rotatable bonds is 6. The minimum Gasteiger partial charge on any atom is -0.461 e. The molecule has 6 nitrogen and oxygen atoms in total. The second-order valence-electron chi connectivity index (χ2n) is 6.13. The molecular weight excluding hydrogens is 342 g/mol. The van der Waals surface area contributed by atoms with Gasteiger partial charge in [-0.1, -0.05) is 30.3 Å². The first-order chi connectivity index (χ1) is 13.2. The van der Waals surface area contributed by atoms with E-state index >= 15 is 0 Å². The maximum atomic E-state index is 10.4. The van der Waals surface area contributed by atoms with Crippen molar-refractivity contribution in [1.29, 1.82) is 0 Å². The van der Waals surface area contributed by atoms with Crippen LogP contribution in [0.2, 0.25) is 0 Å². The van der Waals surface area contributed by atoms with Crippen molar-refractivity contribution < 1.29 is 14.3 Å².